The number of hydrogen-bond donors (Lipinski definition) is 2. The Kier molecular flexibility index (Phi) is 23.9. The van der Waals surface area contributed by atoms with E-state index in [1.807, 2.05) is 101 Å². The van der Waals surface area contributed by atoms with Gasteiger partial charge in [0.05, 0.1) is 0 Å². The van der Waals surface area contributed by atoms with Gasteiger partial charge in [-0.1, -0.05) is 0 Å². The van der Waals surface area contributed by atoms with Crippen molar-refractivity contribution < 1.29 is 53.6 Å². The van der Waals surface area contributed by atoms with Gasteiger partial charge in [0.1, 0.15) is 7.40 Å². The number of allylic oxidation sites excluding steroid dienone is 8. The van der Waals surface area contributed by atoms with Crippen LogP contribution in [-0.2, 0) is 9.47 Å². The molecule has 2 aliphatic heterocycles. The van der Waals surface area contributed by atoms with Crippen LogP contribution in [0.2, 0.25) is 0 Å². The molecule has 6 aromatic rings. The van der Waals surface area contributed by atoms with Gasteiger partial charge in [-0.05, 0) is 0 Å². The summed E-state index contributed by atoms with van der Waals surface area (Å²) in [5.41, 5.74) is 2.95. The Morgan fingerprint density at radius 3 is 1.07 bits per heavy atom. The average Bonchev–Trinajstić information content (AvgIpc) is 3.39. The van der Waals surface area contributed by atoms with Gasteiger partial charge >= 0.3 is 441 Å². The second-order valence-electron chi connectivity index (χ2n) is 15.2. The molecule has 0 aliphatic carbocycles. The third-order valence-corrected chi connectivity index (χ3v) is 17.7. The summed E-state index contributed by atoms with van der Waals surface area (Å²) < 4.78 is 55.1. The van der Waals surface area contributed by atoms with Crippen LogP contribution in [0, 0.1) is 0 Å². The van der Waals surface area contributed by atoms with Crippen LogP contribution in [0.15, 0.2) is 224 Å². The van der Waals surface area contributed by atoms with E-state index < -0.39 is 7.40 Å². The first kappa shape index (κ1) is 57.2. The molecule has 0 saturated carbocycles. The number of ether oxygens (including phenoxy) is 6. The average molecular weight is 1250 g/mol. The molecule has 0 fully saturated rings. The molecule has 8 rings (SSSR count). The van der Waals surface area contributed by atoms with E-state index in [0.29, 0.717) is 49.3 Å². The third kappa shape index (κ3) is 19.3. The summed E-state index contributed by atoms with van der Waals surface area (Å²) in [4.78, 5) is 0. The summed E-state index contributed by atoms with van der Waals surface area (Å²) in [7, 11) is -3.17. The Labute approximate surface area is 458 Å². The molecule has 0 bridgehead atoms. The van der Waals surface area contributed by atoms with Crippen molar-refractivity contribution in [2.24, 2.45) is 0 Å². The number of halogens is 1. The van der Waals surface area contributed by atoms with Crippen molar-refractivity contribution in [2.45, 2.75) is 27.7 Å². The minimum atomic E-state index is -3.17. The monoisotopic (exact) mass is 1260 g/mol. The van der Waals surface area contributed by atoms with E-state index in [1.54, 1.807) is 0 Å². The minimum absolute atomic E-state index is 0.0582. The SMILES string of the molecule is CCOc1ccc(C(=[NH2+])C=C2C=C([Se]c3ccccc3)C=C([Se]c3ccccc3)O2)cc1OCC.CCOc1ccc(C(=[NH2+])C=C2C=C([Se]c3ccccc3)C=C([Se]c3ccccc3)O2)cc1OCC.[O-]B([O-])F. The predicted molar refractivity (Wildman–Crippen MR) is 294 cm³/mol. The fourth-order valence-electron chi connectivity index (χ4n) is 6.70. The molecule has 2 heterocycles. The molecule has 0 unspecified atom stereocenters. The molecule has 2 aliphatic rings. The molecule has 0 saturated heterocycles. The van der Waals surface area contributed by atoms with Crippen molar-refractivity contribution in [3.05, 3.63) is 235 Å². The largest absolute Gasteiger partial charge is 0.867 e. The maximum absolute atomic E-state index is 9.89. The first-order valence-corrected chi connectivity index (χ1v) is 30.5. The van der Waals surface area contributed by atoms with Gasteiger partial charge in [-0.15, -0.1) is 0 Å². The third-order valence-electron chi connectivity index (χ3n) is 9.76. The van der Waals surface area contributed by atoms with E-state index >= 15 is 0 Å². The van der Waals surface area contributed by atoms with Gasteiger partial charge in [-0.25, -0.2) is 0 Å². The van der Waals surface area contributed by atoms with Crippen molar-refractivity contribution >= 4 is 96.5 Å². The zero-order chi connectivity index (χ0) is 52.5. The molecule has 380 valence electrons. The smallest absolute Gasteiger partial charge is 0.121 e. The van der Waals surface area contributed by atoms with Crippen molar-refractivity contribution in [2.75, 3.05) is 26.4 Å². The second-order valence-corrected chi connectivity index (χ2v) is 24.6. The topological polar surface area (TPSA) is 153 Å². The molecule has 0 aromatic heterocycles. The van der Waals surface area contributed by atoms with E-state index in [4.69, 9.17) is 49.3 Å². The van der Waals surface area contributed by atoms with E-state index in [-0.39, 0.29) is 59.8 Å². The number of nitrogens with two attached hydrogens (primary N) is 2. The van der Waals surface area contributed by atoms with Crippen molar-refractivity contribution in [1.82, 2.24) is 0 Å². The fraction of sp³-hybridized carbons (Fsp3) is 0.138. The van der Waals surface area contributed by atoms with Gasteiger partial charge in [0.25, 0.3) is 0 Å². The fourth-order valence-corrected chi connectivity index (χ4v) is 14.8. The number of rotatable bonds is 20. The van der Waals surface area contributed by atoms with Crippen LogP contribution in [0.1, 0.15) is 38.8 Å². The molecule has 6 aromatic carbocycles. The van der Waals surface area contributed by atoms with E-state index in [1.165, 1.54) is 26.8 Å². The molecular formula is C58H56BFN2O8Se4. The van der Waals surface area contributed by atoms with Crippen LogP contribution in [-0.4, -0.2) is 105 Å². The zero-order valence-corrected chi connectivity index (χ0v) is 48.2. The van der Waals surface area contributed by atoms with E-state index in [0.717, 1.165) is 43.5 Å². The molecule has 0 amide bonds. The van der Waals surface area contributed by atoms with Crippen molar-refractivity contribution in [3.63, 3.8) is 0 Å². The van der Waals surface area contributed by atoms with Gasteiger partial charge in [0.15, 0.2) is 0 Å². The summed E-state index contributed by atoms with van der Waals surface area (Å²) in [6, 6.07) is 53.6. The van der Waals surface area contributed by atoms with E-state index in [9.17, 15) is 4.32 Å². The van der Waals surface area contributed by atoms with Crippen LogP contribution >= 0.6 is 0 Å². The molecular weight excluding hydrogens is 1200 g/mol. The quantitative estimate of drug-likeness (QED) is 0.0875. The molecule has 10 nitrogen and oxygen atoms in total. The van der Waals surface area contributed by atoms with Gasteiger partial charge in [0.2, 0.25) is 0 Å². The maximum atomic E-state index is 9.89. The number of hydrogen-bond acceptors (Lipinski definition) is 8. The Morgan fingerprint density at radius 1 is 0.459 bits per heavy atom. The summed E-state index contributed by atoms with van der Waals surface area (Å²) >= 11 is 0.446. The van der Waals surface area contributed by atoms with Crippen molar-refractivity contribution in [3.8, 4) is 23.0 Å². The maximum Gasteiger partial charge on any atom is 0.121 e. The molecule has 0 atom stereocenters. The zero-order valence-electron chi connectivity index (χ0n) is 41.3. The second kappa shape index (κ2) is 30.9. The van der Waals surface area contributed by atoms with Crippen LogP contribution in [0.25, 0.3) is 0 Å². The Morgan fingerprint density at radius 2 is 0.757 bits per heavy atom. The Balaban J connectivity index is 0.000000225. The molecule has 0 radical (unpaired) electrons. The summed E-state index contributed by atoms with van der Waals surface area (Å²) in [5, 5.41) is 29.7. The normalized spacial score (nSPS) is 13.7. The van der Waals surface area contributed by atoms with Gasteiger partial charge < -0.3 is 14.4 Å². The molecule has 0 spiro atoms. The predicted octanol–water partition coefficient (Wildman–Crippen LogP) is 3.12. The Bertz CT molecular complexity index is 2770. The summed E-state index contributed by atoms with van der Waals surface area (Å²) in [6.07, 6.45) is 12.4. The Hall–Kier alpha value is -6.11. The standard InChI is InChI=1S/2C29H27NO3Se2.BFO2/c2*1-3-31-27-16-15-21(17-28(27)32-4-2)26(30)19-22-18-25(34-23-11-7-5-8-12-23)20-29(33-22)35-24-13-9-6-10-14-24;2-1(3)4/h2*5-20,30H,3-4H2,1-2H3;/q;;-2/p+2. The van der Waals surface area contributed by atoms with E-state index in [2.05, 4.69) is 121 Å². The van der Waals surface area contributed by atoms with Crippen LogP contribution in [0.3, 0.4) is 0 Å². The first-order valence-electron chi connectivity index (χ1n) is 23.6. The van der Waals surface area contributed by atoms with Gasteiger partial charge in [-0.2, -0.15) is 0 Å². The van der Waals surface area contributed by atoms with Crippen LogP contribution < -0.4 is 57.7 Å². The van der Waals surface area contributed by atoms with Gasteiger partial charge in [0, 0.05) is 0 Å². The molecule has 74 heavy (non-hydrogen) atoms. The van der Waals surface area contributed by atoms with Gasteiger partial charge in [-0.3, -0.25) is 0 Å². The summed E-state index contributed by atoms with van der Waals surface area (Å²) in [6.45, 7) is 10.1. The molecule has 4 N–H and O–H groups in total. The van der Waals surface area contributed by atoms with Crippen molar-refractivity contribution in [1.29, 1.82) is 0 Å². The summed E-state index contributed by atoms with van der Waals surface area (Å²) in [5.74, 6) is 4.31. The first-order chi connectivity index (χ1) is 36.0. The van der Waals surface area contributed by atoms with Crippen LogP contribution in [0.5, 0.6) is 23.0 Å². The minimum Gasteiger partial charge on any atom is -0.867 e. The van der Waals surface area contributed by atoms with Crippen LogP contribution in [0.4, 0.5) is 4.32 Å². The number of benzene rings is 6. The molecule has 16 heteroatoms.